The summed E-state index contributed by atoms with van der Waals surface area (Å²) in [6, 6.07) is 9.15. The predicted octanol–water partition coefficient (Wildman–Crippen LogP) is 0.885. The van der Waals surface area contributed by atoms with Gasteiger partial charge in [-0.25, -0.2) is 13.1 Å². The monoisotopic (exact) mass is 390 g/mol. The molecular weight excluding hydrogens is 368 g/mol. The molecule has 2 heterocycles. The Bertz CT molecular complexity index is 977. The molecule has 1 aliphatic rings. The molecule has 1 aliphatic heterocycles. The molecule has 8 nitrogen and oxygen atoms in total. The summed E-state index contributed by atoms with van der Waals surface area (Å²) in [5.41, 5.74) is 0.615. The summed E-state index contributed by atoms with van der Waals surface area (Å²) in [5.74, 6) is -0.407. The van der Waals surface area contributed by atoms with E-state index in [2.05, 4.69) is 10.4 Å². The smallest absolute Gasteiger partial charge is 0.271 e. The third-order valence-electron chi connectivity index (χ3n) is 4.52. The predicted molar refractivity (Wildman–Crippen MR) is 99.7 cm³/mol. The number of sulfonamides is 1. The van der Waals surface area contributed by atoms with Gasteiger partial charge in [-0.2, -0.15) is 9.40 Å². The number of hydrogen-bond donors (Lipinski definition) is 1. The summed E-state index contributed by atoms with van der Waals surface area (Å²) < 4.78 is 27.9. The van der Waals surface area contributed by atoms with Crippen LogP contribution in [0.4, 0.5) is 0 Å². The second-order valence-electron chi connectivity index (χ2n) is 6.47. The molecule has 0 bridgehead atoms. The van der Waals surface area contributed by atoms with Crippen LogP contribution in [0.3, 0.4) is 0 Å². The van der Waals surface area contributed by atoms with Crippen LogP contribution in [0.2, 0.25) is 0 Å². The molecule has 2 aromatic rings. The quantitative estimate of drug-likeness (QED) is 0.817. The molecule has 9 heteroatoms. The summed E-state index contributed by atoms with van der Waals surface area (Å²) in [5, 5.41) is 6.60. The van der Waals surface area contributed by atoms with Gasteiger partial charge in [-0.1, -0.05) is 18.6 Å². The molecule has 1 N–H and O–H groups in total. The minimum atomic E-state index is -3.46. The molecule has 0 atom stereocenters. The van der Waals surface area contributed by atoms with Gasteiger partial charge in [0.2, 0.25) is 10.0 Å². The summed E-state index contributed by atoms with van der Waals surface area (Å²) in [6.07, 6.45) is 2.85. The van der Waals surface area contributed by atoms with E-state index in [1.54, 1.807) is 24.3 Å². The van der Waals surface area contributed by atoms with E-state index in [4.69, 9.17) is 0 Å². The average molecular weight is 390 g/mol. The molecule has 0 unspecified atom stereocenters. The molecule has 1 fully saturated rings. The van der Waals surface area contributed by atoms with Crippen molar-refractivity contribution in [3.63, 3.8) is 0 Å². The van der Waals surface area contributed by atoms with Gasteiger partial charge in [-0.15, -0.1) is 0 Å². The van der Waals surface area contributed by atoms with Gasteiger partial charge in [0.1, 0.15) is 5.69 Å². The Labute approximate surface area is 157 Å². The summed E-state index contributed by atoms with van der Waals surface area (Å²) in [6.45, 7) is 1.35. The van der Waals surface area contributed by atoms with E-state index in [1.807, 2.05) is 0 Å². The fourth-order valence-corrected chi connectivity index (χ4v) is 4.45. The Morgan fingerprint density at radius 3 is 2.37 bits per heavy atom. The second kappa shape index (κ2) is 8.01. The third-order valence-corrected chi connectivity index (χ3v) is 6.44. The van der Waals surface area contributed by atoms with Gasteiger partial charge in [0.25, 0.3) is 11.5 Å². The number of nitrogens with zero attached hydrogens (tertiary/aromatic N) is 3. The van der Waals surface area contributed by atoms with Crippen molar-refractivity contribution in [2.75, 3.05) is 13.1 Å². The lowest BCUT2D eigenvalue weighted by Gasteiger charge is -2.25. The van der Waals surface area contributed by atoms with Crippen LogP contribution in [-0.2, 0) is 23.6 Å². The van der Waals surface area contributed by atoms with Crippen LogP contribution >= 0.6 is 0 Å². The fraction of sp³-hybridized carbons (Fsp3) is 0.389. The van der Waals surface area contributed by atoms with Crippen LogP contribution < -0.4 is 10.9 Å². The number of nitrogens with one attached hydrogen (secondary N) is 1. The number of amides is 1. The lowest BCUT2D eigenvalue weighted by molar-refractivity contribution is 0.0943. The molecule has 0 aliphatic carbocycles. The van der Waals surface area contributed by atoms with Crippen LogP contribution in [-0.4, -0.2) is 41.5 Å². The zero-order valence-electron chi connectivity index (χ0n) is 15.1. The highest BCUT2D eigenvalue weighted by Crippen LogP contribution is 2.20. The van der Waals surface area contributed by atoms with Gasteiger partial charge in [0, 0.05) is 32.7 Å². The second-order valence-corrected chi connectivity index (χ2v) is 8.41. The Morgan fingerprint density at radius 2 is 1.74 bits per heavy atom. The number of hydrogen-bond acceptors (Lipinski definition) is 5. The van der Waals surface area contributed by atoms with Crippen molar-refractivity contribution in [1.82, 2.24) is 19.4 Å². The summed E-state index contributed by atoms with van der Waals surface area (Å²) in [4.78, 5) is 23.7. The minimum absolute atomic E-state index is 0.140. The topological polar surface area (TPSA) is 101 Å². The van der Waals surface area contributed by atoms with Gasteiger partial charge in [0.15, 0.2) is 0 Å². The molecule has 144 valence electrons. The number of piperidine rings is 1. The van der Waals surface area contributed by atoms with E-state index in [0.717, 1.165) is 29.5 Å². The van der Waals surface area contributed by atoms with Crippen molar-refractivity contribution in [3.05, 3.63) is 58.0 Å². The van der Waals surface area contributed by atoms with Crippen molar-refractivity contribution in [2.45, 2.75) is 30.7 Å². The number of aryl methyl sites for hydroxylation is 1. The molecule has 27 heavy (non-hydrogen) atoms. The highest BCUT2D eigenvalue weighted by atomic mass is 32.2. The first-order valence-corrected chi connectivity index (χ1v) is 10.2. The zero-order chi connectivity index (χ0) is 19.4. The van der Waals surface area contributed by atoms with Crippen LogP contribution in [0.1, 0.15) is 35.3 Å². The van der Waals surface area contributed by atoms with Crippen LogP contribution in [0, 0.1) is 0 Å². The number of aromatic nitrogens is 2. The molecule has 0 saturated carbocycles. The van der Waals surface area contributed by atoms with Crippen LogP contribution in [0.25, 0.3) is 0 Å². The maximum Gasteiger partial charge on any atom is 0.271 e. The Hall–Kier alpha value is -2.52. The van der Waals surface area contributed by atoms with Crippen LogP contribution in [0.15, 0.2) is 46.1 Å². The molecule has 3 rings (SSSR count). The number of carbonyl (C=O) groups is 1. The van der Waals surface area contributed by atoms with E-state index >= 15 is 0 Å². The van der Waals surface area contributed by atoms with Crippen molar-refractivity contribution < 1.29 is 13.2 Å². The third kappa shape index (κ3) is 4.42. The largest absolute Gasteiger partial charge is 0.347 e. The van der Waals surface area contributed by atoms with E-state index < -0.39 is 15.9 Å². The normalized spacial score (nSPS) is 15.4. The van der Waals surface area contributed by atoms with E-state index in [-0.39, 0.29) is 22.7 Å². The molecule has 1 aromatic heterocycles. The molecule has 1 aromatic carbocycles. The van der Waals surface area contributed by atoms with Gasteiger partial charge in [0.05, 0.1) is 4.90 Å². The number of carbonyl (C=O) groups excluding carboxylic acids is 1. The fourth-order valence-electron chi connectivity index (χ4n) is 2.93. The van der Waals surface area contributed by atoms with Crippen molar-refractivity contribution in [1.29, 1.82) is 0 Å². The Morgan fingerprint density at radius 1 is 1.07 bits per heavy atom. The molecule has 1 saturated heterocycles. The first kappa shape index (κ1) is 19.2. The van der Waals surface area contributed by atoms with Gasteiger partial charge < -0.3 is 5.32 Å². The molecule has 0 radical (unpaired) electrons. The lowest BCUT2D eigenvalue weighted by atomic mass is 10.2. The van der Waals surface area contributed by atoms with Crippen molar-refractivity contribution in [2.24, 2.45) is 7.05 Å². The highest BCUT2D eigenvalue weighted by Gasteiger charge is 2.25. The van der Waals surface area contributed by atoms with Gasteiger partial charge in [-0.05, 0) is 36.6 Å². The maximum atomic E-state index is 12.6. The van der Waals surface area contributed by atoms with E-state index in [0.29, 0.717) is 13.1 Å². The summed E-state index contributed by atoms with van der Waals surface area (Å²) >= 11 is 0. The summed E-state index contributed by atoms with van der Waals surface area (Å²) in [7, 11) is -1.99. The lowest BCUT2D eigenvalue weighted by Crippen LogP contribution is -2.35. The molecular formula is C18H22N4O4S. The first-order valence-electron chi connectivity index (χ1n) is 8.79. The molecule has 0 spiro atoms. The molecule has 1 amide bonds. The zero-order valence-corrected chi connectivity index (χ0v) is 15.9. The van der Waals surface area contributed by atoms with E-state index in [9.17, 15) is 18.0 Å². The number of rotatable bonds is 5. The Kier molecular flexibility index (Phi) is 5.71. The standard InChI is InChI=1S/C18H22N4O4S/c1-21-17(23)10-9-16(20-21)18(24)19-13-14-5-7-15(8-6-14)27(25,26)22-11-3-2-4-12-22/h5-10H,2-4,11-13H2,1H3,(H,19,24). The van der Waals surface area contributed by atoms with Crippen molar-refractivity contribution in [3.8, 4) is 0 Å². The SMILES string of the molecule is Cn1nc(C(=O)NCc2ccc(S(=O)(=O)N3CCCCC3)cc2)ccc1=O. The number of benzene rings is 1. The van der Waals surface area contributed by atoms with Gasteiger partial charge in [-0.3, -0.25) is 9.59 Å². The highest BCUT2D eigenvalue weighted by molar-refractivity contribution is 7.89. The average Bonchev–Trinajstić information content (AvgIpc) is 2.69. The minimum Gasteiger partial charge on any atom is -0.347 e. The maximum absolute atomic E-state index is 12.6. The first-order chi connectivity index (χ1) is 12.9. The van der Waals surface area contributed by atoms with Gasteiger partial charge >= 0.3 is 0 Å². The van der Waals surface area contributed by atoms with Crippen LogP contribution in [0.5, 0.6) is 0 Å². The van der Waals surface area contributed by atoms with Crippen molar-refractivity contribution >= 4 is 15.9 Å². The Balaban J connectivity index is 1.64. The van der Waals surface area contributed by atoms with E-state index in [1.165, 1.54) is 23.5 Å².